The van der Waals surface area contributed by atoms with Crippen LogP contribution in [0.5, 0.6) is 0 Å². The molecule has 5 nitrogen and oxygen atoms in total. The first kappa shape index (κ1) is 13.9. The number of hydrogen-bond acceptors (Lipinski definition) is 4. The van der Waals surface area contributed by atoms with Gasteiger partial charge < -0.3 is 10.2 Å². The van der Waals surface area contributed by atoms with Crippen LogP contribution in [0.15, 0.2) is 42.7 Å². The third-order valence-corrected chi connectivity index (χ3v) is 4.56. The molecule has 2 aliphatic rings. The van der Waals surface area contributed by atoms with E-state index in [4.69, 9.17) is 0 Å². The van der Waals surface area contributed by atoms with Crippen LogP contribution in [0.4, 0.5) is 11.4 Å². The summed E-state index contributed by atoms with van der Waals surface area (Å²) in [5.74, 6) is 0.154. The van der Waals surface area contributed by atoms with E-state index in [1.54, 1.807) is 24.5 Å². The maximum Gasteiger partial charge on any atom is 0.255 e. The van der Waals surface area contributed by atoms with Gasteiger partial charge in [0.2, 0.25) is 0 Å². The van der Waals surface area contributed by atoms with E-state index in [-0.39, 0.29) is 11.9 Å². The van der Waals surface area contributed by atoms with Crippen LogP contribution >= 0.6 is 0 Å². The maximum absolute atomic E-state index is 12.4. The number of benzene rings is 1. The predicted molar refractivity (Wildman–Crippen MR) is 87.7 cm³/mol. The Morgan fingerprint density at radius 2 is 2.22 bits per heavy atom. The molecule has 1 aromatic carbocycles. The largest absolute Gasteiger partial charge is 0.361 e. The minimum absolute atomic E-state index is 0.0321. The smallest absolute Gasteiger partial charge is 0.255 e. The van der Waals surface area contributed by atoms with Gasteiger partial charge in [-0.3, -0.25) is 14.6 Å². The fraction of sp³-hybridized carbons (Fsp3) is 0.278. The molecule has 116 valence electrons. The molecular formula is C18H17N3O2. The van der Waals surface area contributed by atoms with E-state index in [0.717, 1.165) is 30.6 Å². The number of hydrogen-bond donors (Lipinski definition) is 1. The highest BCUT2D eigenvalue weighted by Crippen LogP contribution is 2.36. The summed E-state index contributed by atoms with van der Waals surface area (Å²) >= 11 is 0. The van der Waals surface area contributed by atoms with E-state index in [1.165, 1.54) is 0 Å². The maximum atomic E-state index is 12.4. The number of nitrogens with one attached hydrogen (secondary N) is 1. The summed E-state index contributed by atoms with van der Waals surface area (Å²) in [7, 11) is 0. The van der Waals surface area contributed by atoms with Crippen molar-refractivity contribution in [1.29, 1.82) is 0 Å². The summed E-state index contributed by atoms with van der Waals surface area (Å²) in [5, 5.41) is 2.84. The van der Waals surface area contributed by atoms with Crippen molar-refractivity contribution in [2.75, 3.05) is 16.8 Å². The number of Topliss-reactive ketones (excluding diaryl/α,β-unsaturated/α-hetero) is 1. The second kappa shape index (κ2) is 5.50. The van der Waals surface area contributed by atoms with Gasteiger partial charge in [0, 0.05) is 36.8 Å². The molecule has 4 rings (SSSR count). The second-order valence-corrected chi connectivity index (χ2v) is 6.02. The first-order valence-corrected chi connectivity index (χ1v) is 7.86. The highest BCUT2D eigenvalue weighted by Gasteiger charge is 2.36. The zero-order chi connectivity index (χ0) is 15.8. The van der Waals surface area contributed by atoms with Gasteiger partial charge in [0.1, 0.15) is 0 Å². The van der Waals surface area contributed by atoms with E-state index >= 15 is 0 Å². The zero-order valence-corrected chi connectivity index (χ0v) is 12.7. The molecule has 0 spiro atoms. The monoisotopic (exact) mass is 307 g/mol. The molecule has 1 atom stereocenters. The summed E-state index contributed by atoms with van der Waals surface area (Å²) in [6.45, 7) is 0.886. The van der Waals surface area contributed by atoms with Gasteiger partial charge in [0.25, 0.3) is 5.91 Å². The Labute approximate surface area is 134 Å². The van der Waals surface area contributed by atoms with Gasteiger partial charge in [-0.15, -0.1) is 0 Å². The molecule has 1 unspecified atom stereocenters. The molecule has 3 heterocycles. The van der Waals surface area contributed by atoms with Crippen molar-refractivity contribution in [3.05, 3.63) is 53.9 Å². The van der Waals surface area contributed by atoms with Crippen molar-refractivity contribution >= 4 is 23.1 Å². The Balaban J connectivity index is 1.60. The molecular weight excluding hydrogens is 290 g/mol. The summed E-state index contributed by atoms with van der Waals surface area (Å²) in [6.07, 6.45) is 5.60. The van der Waals surface area contributed by atoms with Crippen LogP contribution in [-0.2, 0) is 11.2 Å². The SMILES string of the molecule is O=C(Nc1cccnc1)c1ccc2c(c1)N1CCCC(=O)C1C2. The van der Waals surface area contributed by atoms with E-state index in [1.807, 2.05) is 18.2 Å². The fourth-order valence-electron chi connectivity index (χ4n) is 3.43. The number of aromatic nitrogens is 1. The minimum Gasteiger partial charge on any atom is -0.361 e. The van der Waals surface area contributed by atoms with Crippen molar-refractivity contribution < 1.29 is 9.59 Å². The van der Waals surface area contributed by atoms with Crippen LogP contribution in [0.1, 0.15) is 28.8 Å². The fourth-order valence-corrected chi connectivity index (χ4v) is 3.43. The quantitative estimate of drug-likeness (QED) is 0.925. The van der Waals surface area contributed by atoms with Crippen LogP contribution in [-0.4, -0.2) is 29.3 Å². The van der Waals surface area contributed by atoms with E-state index in [2.05, 4.69) is 15.2 Å². The molecule has 0 saturated carbocycles. The molecule has 1 amide bonds. The Morgan fingerprint density at radius 3 is 3.04 bits per heavy atom. The molecule has 1 fully saturated rings. The highest BCUT2D eigenvalue weighted by molar-refractivity contribution is 6.05. The van der Waals surface area contributed by atoms with Gasteiger partial charge in [-0.25, -0.2) is 0 Å². The molecule has 2 aromatic rings. The normalized spacial score (nSPS) is 19.2. The van der Waals surface area contributed by atoms with E-state index in [0.29, 0.717) is 23.5 Å². The van der Waals surface area contributed by atoms with Crippen LogP contribution in [0.2, 0.25) is 0 Å². The van der Waals surface area contributed by atoms with E-state index < -0.39 is 0 Å². The number of ketones is 1. The van der Waals surface area contributed by atoms with Crippen LogP contribution < -0.4 is 10.2 Å². The number of pyridine rings is 1. The van der Waals surface area contributed by atoms with Crippen LogP contribution in [0.3, 0.4) is 0 Å². The molecule has 1 saturated heterocycles. The lowest BCUT2D eigenvalue weighted by molar-refractivity contribution is -0.121. The topological polar surface area (TPSA) is 62.3 Å². The Bertz CT molecular complexity index is 773. The summed E-state index contributed by atoms with van der Waals surface area (Å²) in [4.78, 5) is 30.6. The van der Waals surface area contributed by atoms with Gasteiger partial charge in [-0.1, -0.05) is 6.07 Å². The third kappa shape index (κ3) is 2.48. The third-order valence-electron chi connectivity index (χ3n) is 4.56. The first-order chi connectivity index (χ1) is 11.2. The molecule has 1 N–H and O–H groups in total. The first-order valence-electron chi connectivity index (χ1n) is 7.86. The predicted octanol–water partition coefficient (Wildman–Crippen LogP) is 2.43. The number of anilines is 2. The van der Waals surface area contributed by atoms with Crippen molar-refractivity contribution in [3.63, 3.8) is 0 Å². The number of amides is 1. The Kier molecular flexibility index (Phi) is 3.33. The van der Waals surface area contributed by atoms with Crippen LogP contribution in [0.25, 0.3) is 0 Å². The van der Waals surface area contributed by atoms with Gasteiger partial charge in [-0.2, -0.15) is 0 Å². The Morgan fingerprint density at radius 1 is 1.30 bits per heavy atom. The molecule has 0 radical (unpaired) electrons. The number of fused-ring (bicyclic) bond motifs is 3. The highest BCUT2D eigenvalue weighted by atomic mass is 16.1. The average Bonchev–Trinajstić information content (AvgIpc) is 2.95. The van der Waals surface area contributed by atoms with Crippen molar-refractivity contribution in [2.24, 2.45) is 0 Å². The molecule has 23 heavy (non-hydrogen) atoms. The van der Waals surface area contributed by atoms with Crippen LogP contribution in [0, 0.1) is 0 Å². The Hall–Kier alpha value is -2.69. The van der Waals surface area contributed by atoms with Gasteiger partial charge >= 0.3 is 0 Å². The lowest BCUT2D eigenvalue weighted by Gasteiger charge is -2.30. The number of carbonyl (C=O) groups excluding carboxylic acids is 2. The molecule has 5 heteroatoms. The number of piperidine rings is 1. The molecule has 2 aliphatic heterocycles. The second-order valence-electron chi connectivity index (χ2n) is 6.02. The number of carbonyl (C=O) groups is 2. The van der Waals surface area contributed by atoms with Crippen molar-refractivity contribution in [3.8, 4) is 0 Å². The lowest BCUT2D eigenvalue weighted by atomic mass is 10.00. The molecule has 1 aromatic heterocycles. The van der Waals surface area contributed by atoms with Gasteiger partial charge in [-0.05, 0) is 36.2 Å². The average molecular weight is 307 g/mol. The van der Waals surface area contributed by atoms with E-state index in [9.17, 15) is 9.59 Å². The van der Waals surface area contributed by atoms with Gasteiger partial charge in [0.15, 0.2) is 5.78 Å². The standard InChI is InChI=1S/C18H17N3O2/c22-17-4-2-8-21-15-10-13(6-5-12(15)9-16(17)21)18(23)20-14-3-1-7-19-11-14/h1,3,5-7,10-11,16H,2,4,8-9H2,(H,20,23). The summed E-state index contributed by atoms with van der Waals surface area (Å²) < 4.78 is 0. The van der Waals surface area contributed by atoms with Crippen molar-refractivity contribution in [1.82, 2.24) is 4.98 Å². The zero-order valence-electron chi connectivity index (χ0n) is 12.7. The lowest BCUT2D eigenvalue weighted by Crippen LogP contribution is -2.43. The summed E-state index contributed by atoms with van der Waals surface area (Å²) in [6, 6.07) is 9.25. The number of rotatable bonds is 2. The van der Waals surface area contributed by atoms with Crippen molar-refractivity contribution in [2.45, 2.75) is 25.3 Å². The minimum atomic E-state index is -0.160. The van der Waals surface area contributed by atoms with Gasteiger partial charge in [0.05, 0.1) is 17.9 Å². The molecule has 0 aliphatic carbocycles. The number of nitrogens with zero attached hydrogens (tertiary/aromatic N) is 2. The molecule has 0 bridgehead atoms. The summed E-state index contributed by atoms with van der Waals surface area (Å²) in [5.41, 5.74) is 3.46.